The molecule has 0 unspecified atom stereocenters. The fourth-order valence-corrected chi connectivity index (χ4v) is 2.00. The summed E-state index contributed by atoms with van der Waals surface area (Å²) in [6, 6.07) is 0. The Hall–Kier alpha value is -1.40. The number of halogens is 1. The minimum absolute atomic E-state index is 0.549. The highest BCUT2D eigenvalue weighted by Gasteiger charge is 2.08. The lowest BCUT2D eigenvalue weighted by molar-refractivity contribution is 0.641. The van der Waals surface area contributed by atoms with Gasteiger partial charge in [0.05, 0.1) is 12.2 Å². The number of H-pyrrole nitrogens is 1. The molecule has 2 heterocycles. The molecule has 2 aromatic rings. The van der Waals surface area contributed by atoms with Gasteiger partial charge in [0.2, 0.25) is 0 Å². The number of rotatable bonds is 7. The van der Waals surface area contributed by atoms with Gasteiger partial charge in [0.25, 0.3) is 0 Å². The fourth-order valence-electron chi connectivity index (χ4n) is 1.78. The molecule has 0 atom stereocenters. The maximum Gasteiger partial charge on any atom is 0.164 e. The molecule has 6 nitrogen and oxygen atoms in total. The van der Waals surface area contributed by atoms with Crippen LogP contribution in [0.4, 0.5) is 0 Å². The number of nitrogens with zero attached hydrogens (tertiary/aromatic N) is 4. The zero-order valence-electron chi connectivity index (χ0n) is 11.3. The maximum atomic E-state index is 6.09. The van der Waals surface area contributed by atoms with E-state index in [4.69, 9.17) is 11.6 Å². The number of hydrogen-bond donors (Lipinski definition) is 2. The Morgan fingerprint density at radius 3 is 2.95 bits per heavy atom. The van der Waals surface area contributed by atoms with Crippen LogP contribution >= 0.6 is 11.6 Å². The Bertz CT molecular complexity index is 518. The Kier molecular flexibility index (Phi) is 4.93. The molecule has 0 spiro atoms. The molecule has 2 N–H and O–H groups in total. The van der Waals surface area contributed by atoms with Crippen molar-refractivity contribution in [2.24, 2.45) is 7.05 Å². The predicted octanol–water partition coefficient (Wildman–Crippen LogP) is 1.82. The number of hydrogen-bond acceptors (Lipinski definition) is 4. The zero-order valence-corrected chi connectivity index (χ0v) is 12.0. The SMILES string of the molecule is CCCCc1nc(Cl)c(CNCc2ncn(C)n2)[nH]1. The minimum atomic E-state index is 0.549. The molecule has 0 bridgehead atoms. The van der Waals surface area contributed by atoms with Crippen molar-refractivity contribution in [2.45, 2.75) is 39.3 Å². The summed E-state index contributed by atoms with van der Waals surface area (Å²) < 4.78 is 1.68. The summed E-state index contributed by atoms with van der Waals surface area (Å²) in [5.74, 6) is 1.73. The Labute approximate surface area is 117 Å². The molecule has 0 aromatic carbocycles. The van der Waals surface area contributed by atoms with Gasteiger partial charge in [0.1, 0.15) is 12.2 Å². The summed E-state index contributed by atoms with van der Waals surface area (Å²) in [4.78, 5) is 11.7. The third kappa shape index (κ3) is 4.04. The summed E-state index contributed by atoms with van der Waals surface area (Å²) >= 11 is 6.09. The summed E-state index contributed by atoms with van der Waals surface area (Å²) in [5.41, 5.74) is 0.920. The second-order valence-electron chi connectivity index (χ2n) is 4.49. The van der Waals surface area contributed by atoms with Gasteiger partial charge in [0, 0.05) is 20.0 Å². The number of aryl methyl sites for hydroxylation is 2. The maximum absolute atomic E-state index is 6.09. The summed E-state index contributed by atoms with van der Waals surface area (Å²) in [6.07, 6.45) is 4.90. The van der Waals surface area contributed by atoms with Gasteiger partial charge in [-0.05, 0) is 6.42 Å². The van der Waals surface area contributed by atoms with E-state index in [1.165, 1.54) is 0 Å². The van der Waals surface area contributed by atoms with Crippen LogP contribution in [0.1, 0.15) is 37.1 Å². The van der Waals surface area contributed by atoms with Crippen molar-refractivity contribution in [3.8, 4) is 0 Å². The van der Waals surface area contributed by atoms with Gasteiger partial charge in [-0.15, -0.1) is 0 Å². The first-order chi connectivity index (χ1) is 9.19. The van der Waals surface area contributed by atoms with Crippen LogP contribution < -0.4 is 5.32 Å². The summed E-state index contributed by atoms with van der Waals surface area (Å²) in [7, 11) is 1.85. The van der Waals surface area contributed by atoms with Gasteiger partial charge in [-0.25, -0.2) is 9.97 Å². The van der Waals surface area contributed by atoms with Crippen molar-refractivity contribution in [1.82, 2.24) is 30.0 Å². The molecule has 0 aliphatic heterocycles. The number of nitrogens with one attached hydrogen (secondary N) is 2. The van der Waals surface area contributed by atoms with Crippen molar-refractivity contribution in [3.05, 3.63) is 28.8 Å². The first-order valence-corrected chi connectivity index (χ1v) is 6.85. The first kappa shape index (κ1) is 14.0. The van der Waals surface area contributed by atoms with Crippen LogP contribution in [0.25, 0.3) is 0 Å². The number of aromatic nitrogens is 5. The van der Waals surface area contributed by atoms with Crippen molar-refractivity contribution >= 4 is 11.6 Å². The van der Waals surface area contributed by atoms with Gasteiger partial charge < -0.3 is 10.3 Å². The molecule has 2 aromatic heterocycles. The zero-order chi connectivity index (χ0) is 13.7. The number of imidazole rings is 1. The molecule has 0 aliphatic rings. The fraction of sp³-hybridized carbons (Fsp3) is 0.583. The highest BCUT2D eigenvalue weighted by atomic mass is 35.5. The van der Waals surface area contributed by atoms with Crippen LogP contribution in [-0.4, -0.2) is 24.7 Å². The Morgan fingerprint density at radius 1 is 1.42 bits per heavy atom. The lowest BCUT2D eigenvalue weighted by atomic mass is 10.2. The topological polar surface area (TPSA) is 71.4 Å². The molecular formula is C12H19ClN6. The van der Waals surface area contributed by atoms with Crippen LogP contribution in [0.15, 0.2) is 6.33 Å². The van der Waals surface area contributed by atoms with Gasteiger partial charge in [-0.3, -0.25) is 4.68 Å². The van der Waals surface area contributed by atoms with E-state index in [1.807, 2.05) is 7.05 Å². The van der Waals surface area contributed by atoms with Crippen LogP contribution in [0.2, 0.25) is 5.15 Å². The highest BCUT2D eigenvalue weighted by Crippen LogP contribution is 2.14. The molecule has 0 saturated carbocycles. The molecule has 0 saturated heterocycles. The second-order valence-corrected chi connectivity index (χ2v) is 4.85. The van der Waals surface area contributed by atoms with Gasteiger partial charge in [-0.1, -0.05) is 24.9 Å². The van der Waals surface area contributed by atoms with Crippen molar-refractivity contribution in [2.75, 3.05) is 0 Å². The summed E-state index contributed by atoms with van der Waals surface area (Å²) in [5, 5.41) is 7.99. The van der Waals surface area contributed by atoms with E-state index in [0.717, 1.165) is 36.6 Å². The van der Waals surface area contributed by atoms with Crippen LogP contribution in [-0.2, 0) is 26.6 Å². The van der Waals surface area contributed by atoms with Crippen LogP contribution in [0.5, 0.6) is 0 Å². The lowest BCUT2D eigenvalue weighted by Gasteiger charge is -2.00. The predicted molar refractivity (Wildman–Crippen MR) is 73.8 cm³/mol. The first-order valence-electron chi connectivity index (χ1n) is 6.47. The molecule has 104 valence electrons. The monoisotopic (exact) mass is 282 g/mol. The van der Waals surface area contributed by atoms with Crippen molar-refractivity contribution in [3.63, 3.8) is 0 Å². The molecule has 0 aliphatic carbocycles. The van der Waals surface area contributed by atoms with E-state index < -0.39 is 0 Å². The summed E-state index contributed by atoms with van der Waals surface area (Å²) in [6.45, 7) is 3.41. The number of aromatic amines is 1. The standard InChI is InChI=1S/C12H19ClN6/c1-3-4-5-10-16-9(12(13)17-10)6-14-7-11-15-8-19(2)18-11/h8,14H,3-7H2,1-2H3,(H,16,17). The van der Waals surface area contributed by atoms with E-state index in [2.05, 4.69) is 32.3 Å². The molecule has 0 amide bonds. The third-order valence-electron chi connectivity index (χ3n) is 2.78. The largest absolute Gasteiger partial charge is 0.344 e. The van der Waals surface area contributed by atoms with Gasteiger partial charge >= 0.3 is 0 Å². The van der Waals surface area contributed by atoms with E-state index in [-0.39, 0.29) is 0 Å². The van der Waals surface area contributed by atoms with E-state index in [9.17, 15) is 0 Å². The van der Waals surface area contributed by atoms with Crippen molar-refractivity contribution < 1.29 is 0 Å². The molecule has 0 fully saturated rings. The lowest BCUT2D eigenvalue weighted by Crippen LogP contribution is -2.14. The quantitative estimate of drug-likeness (QED) is 0.813. The Balaban J connectivity index is 1.83. The minimum Gasteiger partial charge on any atom is -0.344 e. The molecule has 7 heteroatoms. The van der Waals surface area contributed by atoms with E-state index in [0.29, 0.717) is 18.2 Å². The van der Waals surface area contributed by atoms with E-state index in [1.54, 1.807) is 11.0 Å². The molecule has 19 heavy (non-hydrogen) atoms. The average Bonchev–Trinajstić information content (AvgIpc) is 2.94. The smallest absolute Gasteiger partial charge is 0.164 e. The molecule has 0 radical (unpaired) electrons. The number of unbranched alkanes of at least 4 members (excludes halogenated alkanes) is 1. The normalized spacial score (nSPS) is 11.1. The van der Waals surface area contributed by atoms with Gasteiger partial charge in [0.15, 0.2) is 11.0 Å². The Morgan fingerprint density at radius 2 is 2.26 bits per heavy atom. The third-order valence-corrected chi connectivity index (χ3v) is 3.09. The average molecular weight is 283 g/mol. The molecular weight excluding hydrogens is 264 g/mol. The van der Waals surface area contributed by atoms with Gasteiger partial charge in [-0.2, -0.15) is 5.10 Å². The highest BCUT2D eigenvalue weighted by molar-refractivity contribution is 6.30. The second kappa shape index (κ2) is 6.68. The van der Waals surface area contributed by atoms with E-state index >= 15 is 0 Å². The van der Waals surface area contributed by atoms with Crippen molar-refractivity contribution in [1.29, 1.82) is 0 Å². The van der Waals surface area contributed by atoms with Crippen LogP contribution in [0.3, 0.4) is 0 Å². The van der Waals surface area contributed by atoms with Crippen LogP contribution in [0, 0.1) is 0 Å². The molecule has 2 rings (SSSR count).